The second-order valence-corrected chi connectivity index (χ2v) is 5.38. The summed E-state index contributed by atoms with van der Waals surface area (Å²) in [4.78, 5) is 8.77. The van der Waals surface area contributed by atoms with Crippen molar-refractivity contribution in [3.8, 4) is 11.8 Å². The van der Waals surface area contributed by atoms with Crippen LogP contribution in [-0.4, -0.2) is 31.2 Å². The molecule has 5 nitrogen and oxygen atoms in total. The molecule has 112 valence electrons. The fraction of sp³-hybridized carbons (Fsp3) is 0.733. The Hall–Kier alpha value is -1.36. The van der Waals surface area contributed by atoms with Crippen molar-refractivity contribution in [1.29, 1.82) is 0 Å². The van der Waals surface area contributed by atoms with E-state index < -0.39 is 0 Å². The number of hydrogen-bond donors (Lipinski definition) is 1. The van der Waals surface area contributed by atoms with Crippen LogP contribution >= 0.6 is 0 Å². The van der Waals surface area contributed by atoms with Crippen LogP contribution in [-0.2, 0) is 0 Å². The summed E-state index contributed by atoms with van der Waals surface area (Å²) in [7, 11) is 5.17. The van der Waals surface area contributed by atoms with E-state index >= 15 is 0 Å². The minimum atomic E-state index is 0.184. The molecule has 1 unspecified atom stereocenters. The van der Waals surface area contributed by atoms with Gasteiger partial charge in [0.2, 0.25) is 11.8 Å². The molecule has 0 bridgehead atoms. The van der Waals surface area contributed by atoms with Crippen LogP contribution in [0.3, 0.4) is 0 Å². The molecule has 1 heterocycles. The second-order valence-electron chi connectivity index (χ2n) is 5.38. The molecule has 0 spiro atoms. The predicted octanol–water partition coefficient (Wildman–Crippen LogP) is 2.72. The number of nitrogens with zero attached hydrogens (tertiary/aromatic N) is 2. The molecule has 0 aromatic carbocycles. The average Bonchev–Trinajstić information content (AvgIpc) is 3.01. The lowest BCUT2D eigenvalue weighted by Crippen LogP contribution is -2.20. The third-order valence-corrected chi connectivity index (χ3v) is 4.16. The topological polar surface area (TPSA) is 56.3 Å². The van der Waals surface area contributed by atoms with E-state index in [9.17, 15) is 0 Å². The Bertz CT molecular complexity index is 420. The highest BCUT2D eigenvalue weighted by Gasteiger charge is 2.21. The van der Waals surface area contributed by atoms with Crippen LogP contribution < -0.4 is 14.8 Å². The van der Waals surface area contributed by atoms with Crippen LogP contribution in [0.2, 0.25) is 0 Å². The molecule has 1 aliphatic carbocycles. The van der Waals surface area contributed by atoms with Crippen molar-refractivity contribution in [2.24, 2.45) is 5.92 Å². The van der Waals surface area contributed by atoms with Crippen molar-refractivity contribution in [1.82, 2.24) is 15.3 Å². The zero-order valence-corrected chi connectivity index (χ0v) is 12.7. The van der Waals surface area contributed by atoms with Gasteiger partial charge in [0.05, 0.1) is 26.5 Å². The van der Waals surface area contributed by atoms with Gasteiger partial charge in [-0.1, -0.05) is 25.7 Å². The Morgan fingerprint density at radius 3 is 2.65 bits per heavy atom. The first-order valence-corrected chi connectivity index (χ1v) is 7.40. The molecule has 1 saturated carbocycles. The van der Waals surface area contributed by atoms with E-state index in [4.69, 9.17) is 9.47 Å². The number of aromatic nitrogens is 2. The highest BCUT2D eigenvalue weighted by atomic mass is 16.5. The molecule has 1 aliphatic rings. The van der Waals surface area contributed by atoms with Crippen LogP contribution in [0.5, 0.6) is 11.8 Å². The third kappa shape index (κ3) is 3.60. The van der Waals surface area contributed by atoms with E-state index in [1.165, 1.54) is 32.1 Å². The van der Waals surface area contributed by atoms with Crippen LogP contribution in [0.1, 0.15) is 50.3 Å². The maximum Gasteiger partial charge on any atom is 0.240 e. The summed E-state index contributed by atoms with van der Waals surface area (Å²) in [5, 5.41) is 3.33. The van der Waals surface area contributed by atoms with Crippen LogP contribution in [0.15, 0.2) is 6.20 Å². The van der Waals surface area contributed by atoms with Crippen molar-refractivity contribution < 1.29 is 9.47 Å². The summed E-state index contributed by atoms with van der Waals surface area (Å²) in [6, 6.07) is 0.184. The van der Waals surface area contributed by atoms with Gasteiger partial charge in [-0.15, -0.1) is 0 Å². The Morgan fingerprint density at radius 1 is 1.30 bits per heavy atom. The summed E-state index contributed by atoms with van der Waals surface area (Å²) >= 11 is 0. The smallest absolute Gasteiger partial charge is 0.240 e. The zero-order chi connectivity index (χ0) is 14.4. The molecule has 1 aromatic rings. The molecular formula is C15H25N3O2. The molecule has 1 fully saturated rings. The summed E-state index contributed by atoms with van der Waals surface area (Å²) in [5.41, 5.74) is 0.869. The zero-order valence-electron chi connectivity index (χ0n) is 12.7. The van der Waals surface area contributed by atoms with E-state index in [2.05, 4.69) is 15.3 Å². The Morgan fingerprint density at radius 2 is 2.05 bits per heavy atom. The SMILES string of the molecule is CNC(CCC1CCCC1)c1ncc(OC)nc1OC. The van der Waals surface area contributed by atoms with Gasteiger partial charge in [0.15, 0.2) is 0 Å². The molecule has 1 aromatic heterocycles. The summed E-state index contributed by atoms with van der Waals surface area (Å²) in [5.74, 6) is 1.91. The monoisotopic (exact) mass is 279 g/mol. The van der Waals surface area contributed by atoms with Crippen LogP contribution in [0.25, 0.3) is 0 Å². The fourth-order valence-electron chi connectivity index (χ4n) is 2.97. The molecule has 20 heavy (non-hydrogen) atoms. The molecule has 0 aliphatic heterocycles. The maximum atomic E-state index is 5.35. The first kappa shape index (κ1) is 15.0. The van der Waals surface area contributed by atoms with Gasteiger partial charge in [0.1, 0.15) is 5.69 Å². The van der Waals surface area contributed by atoms with Gasteiger partial charge in [-0.2, -0.15) is 4.98 Å². The van der Waals surface area contributed by atoms with Crippen molar-refractivity contribution >= 4 is 0 Å². The molecule has 2 rings (SSSR count). The Kier molecular flexibility index (Phi) is 5.59. The van der Waals surface area contributed by atoms with Gasteiger partial charge in [-0.05, 0) is 25.8 Å². The normalized spacial score (nSPS) is 17.1. The Balaban J connectivity index is 2.05. The standard InChI is InChI=1S/C15H25N3O2/c1-16-12(9-8-11-6-4-5-7-11)14-15(20-3)18-13(19-2)10-17-14/h10-12,16H,4-9H2,1-3H3. The number of nitrogens with one attached hydrogen (secondary N) is 1. The van der Waals surface area contributed by atoms with Crippen molar-refractivity contribution in [2.45, 2.75) is 44.6 Å². The average molecular weight is 279 g/mol. The molecule has 0 amide bonds. The first-order valence-electron chi connectivity index (χ1n) is 7.40. The van der Waals surface area contributed by atoms with Gasteiger partial charge in [-0.25, -0.2) is 4.98 Å². The molecular weight excluding hydrogens is 254 g/mol. The molecule has 1 N–H and O–H groups in total. The minimum Gasteiger partial charge on any atom is -0.480 e. The maximum absolute atomic E-state index is 5.35. The summed E-state index contributed by atoms with van der Waals surface area (Å²) in [6.07, 6.45) is 9.49. The number of rotatable bonds is 7. The number of ether oxygens (including phenoxy) is 2. The lowest BCUT2D eigenvalue weighted by atomic mass is 9.97. The third-order valence-electron chi connectivity index (χ3n) is 4.16. The van der Waals surface area contributed by atoms with Crippen LogP contribution in [0, 0.1) is 5.92 Å². The van der Waals surface area contributed by atoms with Gasteiger partial charge < -0.3 is 14.8 Å². The lowest BCUT2D eigenvalue weighted by molar-refractivity contribution is 0.344. The number of hydrogen-bond acceptors (Lipinski definition) is 5. The van der Waals surface area contributed by atoms with E-state index in [0.29, 0.717) is 11.8 Å². The van der Waals surface area contributed by atoms with E-state index in [0.717, 1.165) is 18.0 Å². The van der Waals surface area contributed by atoms with Crippen molar-refractivity contribution in [2.75, 3.05) is 21.3 Å². The molecule has 0 saturated heterocycles. The molecule has 1 atom stereocenters. The summed E-state index contributed by atoms with van der Waals surface area (Å²) < 4.78 is 10.4. The highest BCUT2D eigenvalue weighted by molar-refractivity contribution is 5.25. The fourth-order valence-corrected chi connectivity index (χ4v) is 2.97. The minimum absolute atomic E-state index is 0.184. The first-order chi connectivity index (χ1) is 9.78. The van der Waals surface area contributed by atoms with E-state index in [1.807, 2.05) is 7.05 Å². The quantitative estimate of drug-likeness (QED) is 0.831. The lowest BCUT2D eigenvalue weighted by Gasteiger charge is -2.19. The van der Waals surface area contributed by atoms with Gasteiger partial charge in [0.25, 0.3) is 0 Å². The largest absolute Gasteiger partial charge is 0.480 e. The van der Waals surface area contributed by atoms with Gasteiger partial charge >= 0.3 is 0 Å². The Labute approximate surface area is 121 Å². The second kappa shape index (κ2) is 7.43. The number of methoxy groups -OCH3 is 2. The van der Waals surface area contributed by atoms with E-state index in [-0.39, 0.29) is 6.04 Å². The highest BCUT2D eigenvalue weighted by Crippen LogP contribution is 2.32. The van der Waals surface area contributed by atoms with Crippen molar-refractivity contribution in [3.05, 3.63) is 11.9 Å². The predicted molar refractivity (Wildman–Crippen MR) is 78.1 cm³/mol. The van der Waals surface area contributed by atoms with E-state index in [1.54, 1.807) is 20.4 Å². The molecule has 0 radical (unpaired) electrons. The van der Waals surface area contributed by atoms with Crippen LogP contribution in [0.4, 0.5) is 0 Å². The van der Waals surface area contributed by atoms with Gasteiger partial charge in [0, 0.05) is 0 Å². The molecule has 5 heteroatoms. The summed E-state index contributed by atoms with van der Waals surface area (Å²) in [6.45, 7) is 0. The van der Waals surface area contributed by atoms with Crippen molar-refractivity contribution in [3.63, 3.8) is 0 Å². The van der Waals surface area contributed by atoms with Gasteiger partial charge in [-0.3, -0.25) is 0 Å².